The number of nitrogens with zero attached hydrogens (tertiary/aromatic N) is 12. The van der Waals surface area contributed by atoms with Crippen molar-refractivity contribution in [2.75, 3.05) is 73.5 Å². The third-order valence-corrected chi connectivity index (χ3v) is 15.5. The van der Waals surface area contributed by atoms with Gasteiger partial charge < -0.3 is 54.0 Å². The monoisotopic (exact) mass is 1110 g/mol. The van der Waals surface area contributed by atoms with Crippen molar-refractivity contribution in [3.8, 4) is 0 Å². The van der Waals surface area contributed by atoms with E-state index in [-0.39, 0.29) is 59.2 Å². The number of rotatable bonds is 6. The minimum atomic E-state index is -0.750. The Morgan fingerprint density at radius 2 is 1.04 bits per heavy atom. The maximum Gasteiger partial charge on any atom is 1.00 e. The van der Waals surface area contributed by atoms with Crippen molar-refractivity contribution in [2.24, 2.45) is 0 Å². The molecular weight excluding hydrogens is 1050 g/mol. The van der Waals surface area contributed by atoms with Crippen molar-refractivity contribution in [2.45, 2.75) is 127 Å². The Bertz CT molecular complexity index is 3340. The third-order valence-electron chi connectivity index (χ3n) is 15.3. The Morgan fingerprint density at radius 3 is 1.48 bits per heavy atom. The Labute approximate surface area is 484 Å². The molecule has 3 N–H and O–H groups in total. The number of anilines is 5. The van der Waals surface area contributed by atoms with Gasteiger partial charge >= 0.3 is 29.6 Å². The zero-order valence-electron chi connectivity index (χ0n) is 45.3. The fourth-order valence-electron chi connectivity index (χ4n) is 11.7. The average molecular weight is 1110 g/mol. The minimum absolute atomic E-state index is 0. The van der Waals surface area contributed by atoms with Crippen LogP contribution in [0.25, 0.3) is 43.9 Å². The van der Waals surface area contributed by atoms with Crippen LogP contribution in [0.1, 0.15) is 110 Å². The molecule has 8 aromatic rings. The molecule has 12 heterocycles. The van der Waals surface area contributed by atoms with Crippen LogP contribution in [0, 0.1) is 11.9 Å². The number of nitrogens with one attached hydrogen (secondary N) is 1. The first-order chi connectivity index (χ1) is 37.7. The van der Waals surface area contributed by atoms with E-state index in [1.807, 2.05) is 51.9 Å². The normalized spacial score (nSPS) is 19.1. The second-order valence-corrected chi connectivity index (χ2v) is 22.1. The van der Waals surface area contributed by atoms with Gasteiger partial charge in [0.05, 0.1) is 50.2 Å². The Morgan fingerprint density at radius 1 is 0.595 bits per heavy atom. The van der Waals surface area contributed by atoms with Gasteiger partial charge in [-0.2, -0.15) is 18.7 Å². The van der Waals surface area contributed by atoms with E-state index in [0.29, 0.717) is 46.8 Å². The van der Waals surface area contributed by atoms with Crippen LogP contribution in [0.5, 0.6) is 0 Å². The Hall–Kier alpha value is -5.49. The molecule has 0 bridgehead atoms. The third kappa shape index (κ3) is 12.7. The number of ether oxygens (including phenoxy) is 4. The first-order valence-electron chi connectivity index (χ1n) is 27.2. The predicted octanol–water partition coefficient (Wildman–Crippen LogP) is 6.76. The summed E-state index contributed by atoms with van der Waals surface area (Å²) in [6.07, 6.45) is 22.3. The summed E-state index contributed by atoms with van der Waals surface area (Å²) >= 11 is 5.78. The molecule has 0 radical (unpaired) electrons. The Balaban J connectivity index is 0.000000138. The maximum atomic E-state index is 14.8. The van der Waals surface area contributed by atoms with Crippen LogP contribution < -0.4 is 55.5 Å². The zero-order chi connectivity index (χ0) is 54.0. The molecule has 4 saturated heterocycles. The van der Waals surface area contributed by atoms with E-state index in [0.717, 1.165) is 155 Å². The van der Waals surface area contributed by atoms with Gasteiger partial charge in [-0.05, 0) is 62.1 Å². The second-order valence-electron chi connectivity index (χ2n) is 21.7. The first-order valence-corrected chi connectivity index (χ1v) is 27.6. The van der Waals surface area contributed by atoms with Gasteiger partial charge in [-0.25, -0.2) is 29.9 Å². The van der Waals surface area contributed by atoms with Gasteiger partial charge in [0.15, 0.2) is 11.6 Å². The Kier molecular flexibility index (Phi) is 17.5. The van der Waals surface area contributed by atoms with E-state index in [1.165, 1.54) is 12.4 Å². The molecule has 0 amide bonds. The zero-order valence-corrected chi connectivity index (χ0v) is 48.1. The summed E-state index contributed by atoms with van der Waals surface area (Å²) in [5, 5.41) is 17.1. The van der Waals surface area contributed by atoms with Gasteiger partial charge in [0.25, 0.3) is 0 Å². The fraction of sp³-hybridized carbons (Fsp3) is 0.500. The molecule has 6 aliphatic rings. The largest absolute Gasteiger partial charge is 1.00 e. The van der Waals surface area contributed by atoms with E-state index < -0.39 is 17.5 Å². The molecule has 23 heteroatoms. The number of aromatic nitrogens is 10. The van der Waals surface area contributed by atoms with Gasteiger partial charge in [-0.1, -0.05) is 58.1 Å². The number of pyridine rings is 4. The molecule has 14 rings (SSSR count). The van der Waals surface area contributed by atoms with Crippen LogP contribution >= 0.6 is 11.6 Å². The predicted molar refractivity (Wildman–Crippen MR) is 294 cm³/mol. The van der Waals surface area contributed by atoms with Crippen molar-refractivity contribution in [1.29, 1.82) is 0 Å². The molecule has 79 heavy (non-hydrogen) atoms. The molecule has 2 spiro atoms. The van der Waals surface area contributed by atoms with E-state index in [4.69, 9.17) is 41.3 Å². The summed E-state index contributed by atoms with van der Waals surface area (Å²) in [5.74, 6) is -0.297. The van der Waals surface area contributed by atoms with Crippen LogP contribution in [0.15, 0.2) is 73.6 Å². The van der Waals surface area contributed by atoms with E-state index in [2.05, 4.69) is 56.1 Å². The van der Waals surface area contributed by atoms with Crippen molar-refractivity contribution < 1.29 is 62.4 Å². The molecule has 0 unspecified atom stereocenters. The van der Waals surface area contributed by atoms with E-state index in [1.54, 1.807) is 33.2 Å². The van der Waals surface area contributed by atoms with E-state index in [9.17, 15) is 13.9 Å². The van der Waals surface area contributed by atoms with Crippen LogP contribution in [-0.2, 0) is 18.9 Å². The second kappa shape index (κ2) is 24.3. The number of hydrogen-bond donors (Lipinski definition) is 2. The fourth-order valence-corrected chi connectivity index (χ4v) is 11.8. The molecule has 412 valence electrons. The molecule has 2 saturated carbocycles. The topological polar surface area (TPSA) is 217 Å². The number of halogens is 3. The molecule has 19 nitrogen and oxygen atoms in total. The van der Waals surface area contributed by atoms with Gasteiger partial charge in [-0.15, -0.1) is 5.60 Å². The maximum absolute atomic E-state index is 14.8. The van der Waals surface area contributed by atoms with Crippen LogP contribution in [0.2, 0.25) is 5.15 Å². The minimum Gasteiger partial charge on any atom is -0.850 e. The first kappa shape index (κ1) is 56.8. The SMILES string of the molecule is CC(C)(C)[O-].Clc1ccc(N2CCC3(CC2)OCCO3)cn1.Fc1nccc2c3cnc(Nc4ccc(N5CCC6(CC5)OCCO6)cn4)nc3n(C3CCCC3)c12.Nc1ncc2c3ccnc(F)c3n(C3CCCC3)c2n1.[Na+]. The molecule has 8 aromatic heterocycles. The number of hydrogen-bond acceptors (Lipinski definition) is 17. The van der Waals surface area contributed by atoms with Gasteiger partial charge in [0.1, 0.15) is 33.3 Å². The van der Waals surface area contributed by atoms with Gasteiger partial charge in [0, 0.05) is 110 Å². The van der Waals surface area contributed by atoms with Crippen LogP contribution in [-0.4, -0.2) is 119 Å². The quantitative estimate of drug-likeness (QED) is 0.130. The molecule has 0 aromatic carbocycles. The summed E-state index contributed by atoms with van der Waals surface area (Å²) in [4.78, 5) is 38.7. The van der Waals surface area contributed by atoms with Crippen molar-refractivity contribution in [3.05, 3.63) is 90.6 Å². The molecule has 2 aliphatic carbocycles. The van der Waals surface area contributed by atoms with Crippen molar-refractivity contribution in [3.63, 3.8) is 0 Å². The molecule has 6 fully saturated rings. The van der Waals surface area contributed by atoms with Crippen LogP contribution in [0.3, 0.4) is 0 Å². The number of nitrogens with two attached hydrogens (primary N) is 1. The summed E-state index contributed by atoms with van der Waals surface area (Å²) in [7, 11) is 0. The van der Waals surface area contributed by atoms with Crippen LogP contribution in [0.4, 0.5) is 37.9 Å². The smallest absolute Gasteiger partial charge is 0.850 e. The summed E-state index contributed by atoms with van der Waals surface area (Å²) in [6, 6.07) is 12.0. The van der Waals surface area contributed by atoms with E-state index >= 15 is 0 Å². The van der Waals surface area contributed by atoms with Gasteiger partial charge in [0.2, 0.25) is 23.8 Å². The number of fused-ring (bicyclic) bond motifs is 6. The van der Waals surface area contributed by atoms with Gasteiger partial charge in [-0.3, -0.25) is 0 Å². The van der Waals surface area contributed by atoms with Crippen molar-refractivity contribution in [1.82, 2.24) is 49.0 Å². The number of piperidine rings is 2. The summed E-state index contributed by atoms with van der Waals surface area (Å²) in [6.45, 7) is 11.3. The molecular formula is C56H66ClF2N14NaO5. The average Bonchev–Trinajstić information content (AvgIpc) is 4.45. The molecule has 4 aliphatic heterocycles. The molecule has 0 atom stereocenters. The summed E-state index contributed by atoms with van der Waals surface area (Å²) < 4.78 is 56.1. The van der Waals surface area contributed by atoms with Crippen molar-refractivity contribution >= 4 is 84.6 Å². The standard InChI is InChI=1S/C26H28FN7O2.C14H14FN5.C12H15ClN2O2.C4H9O.Na/c27-23-22-19(7-10-28-23)20-16-30-25(32-24(20)34(22)17-3-1-2-4-17)31-21-6-5-18(15-29-21)33-11-8-26(9-12-33)35-13-14-36-26;15-12-11-9(5-6-17-12)10-7-18-14(16)19-13(10)20(11)8-3-1-2-4-8;13-11-2-1-10(9-14-11)15-5-3-12(4-6-15)16-7-8-17-12;1-4(2,3)5;/h5-7,10,15-17H,1-4,8-9,11-14H2,(H,29,30,31,32);5-8H,1-4H2,(H2,16,18,19);1-2,9H,3-8H2;1-3H3;/q;;;-1;+1. The number of nitrogen functional groups attached to an aromatic ring is 1. The summed E-state index contributed by atoms with van der Waals surface area (Å²) in [5.41, 5.74) is 9.62.